The quantitative estimate of drug-likeness (QED) is 0.626. The fraction of sp³-hybridized carbons (Fsp3) is 0.520. The zero-order valence-corrected chi connectivity index (χ0v) is 20.7. The molecule has 36 heavy (non-hydrogen) atoms. The lowest BCUT2D eigenvalue weighted by Gasteiger charge is -2.29. The van der Waals surface area contributed by atoms with Crippen molar-refractivity contribution in [3.63, 3.8) is 0 Å². The molecule has 3 fully saturated rings. The van der Waals surface area contributed by atoms with Crippen LogP contribution in [0.4, 0.5) is 13.2 Å². The van der Waals surface area contributed by atoms with Gasteiger partial charge in [0.1, 0.15) is 17.0 Å². The van der Waals surface area contributed by atoms with Crippen molar-refractivity contribution in [1.29, 1.82) is 5.26 Å². The molecule has 2 aromatic rings. The minimum atomic E-state index is -4.65. The average molecular weight is 518 g/mol. The van der Waals surface area contributed by atoms with Crippen molar-refractivity contribution < 1.29 is 22.8 Å². The van der Waals surface area contributed by atoms with Crippen LogP contribution < -0.4 is 5.32 Å². The molecule has 1 aromatic carbocycles. The van der Waals surface area contributed by atoms with Gasteiger partial charge in [0.15, 0.2) is 0 Å². The Hall–Kier alpha value is -3.00. The van der Waals surface area contributed by atoms with Gasteiger partial charge in [0.2, 0.25) is 11.8 Å². The monoisotopic (exact) mass is 517 g/mol. The third-order valence-electron chi connectivity index (χ3n) is 7.36. The molecule has 0 unspecified atom stereocenters. The second-order valence-electron chi connectivity index (χ2n) is 10.1. The maximum absolute atomic E-state index is 13.7. The van der Waals surface area contributed by atoms with Gasteiger partial charge in [0.05, 0.1) is 12.3 Å². The molecule has 2 amide bonds. The van der Waals surface area contributed by atoms with E-state index in [0.717, 1.165) is 26.5 Å². The number of likely N-dealkylation sites (tertiary alicyclic amines) is 1. The summed E-state index contributed by atoms with van der Waals surface area (Å²) in [5.74, 6) is -1.57. The van der Waals surface area contributed by atoms with Crippen molar-refractivity contribution in [1.82, 2.24) is 20.0 Å². The van der Waals surface area contributed by atoms with Crippen molar-refractivity contribution in [2.45, 2.75) is 66.9 Å². The van der Waals surface area contributed by atoms with Gasteiger partial charge in [0.25, 0.3) is 0 Å². The topological polar surface area (TPSA) is 91.0 Å². The van der Waals surface area contributed by atoms with Gasteiger partial charge < -0.3 is 10.2 Å². The molecule has 0 spiro atoms. The second kappa shape index (κ2) is 8.54. The Morgan fingerprint density at radius 3 is 2.47 bits per heavy atom. The number of nitrogens with zero attached hydrogens (tertiary/aromatic N) is 4. The Morgan fingerprint density at radius 1 is 1.22 bits per heavy atom. The molecule has 1 aromatic heterocycles. The van der Waals surface area contributed by atoms with E-state index in [9.17, 15) is 28.0 Å². The maximum Gasteiger partial charge on any atom is 0.403 e. The maximum atomic E-state index is 13.7. The molecule has 11 heteroatoms. The molecule has 7 nitrogen and oxygen atoms in total. The Labute approximate surface area is 211 Å². The first-order chi connectivity index (χ1) is 17.0. The first kappa shape index (κ1) is 24.7. The number of benzene rings is 1. The lowest BCUT2D eigenvalue weighted by atomic mass is 10.0. The minimum Gasteiger partial charge on any atom is -0.336 e. The number of nitrogens with one attached hydrogen (secondary N) is 1. The number of nitriles is 1. The predicted octanol–water partition coefficient (Wildman–Crippen LogP) is 3.97. The van der Waals surface area contributed by atoms with Crippen LogP contribution in [-0.4, -0.2) is 56.0 Å². The van der Waals surface area contributed by atoms with E-state index in [-0.39, 0.29) is 31.1 Å². The predicted molar refractivity (Wildman–Crippen MR) is 127 cm³/mol. The van der Waals surface area contributed by atoms with E-state index < -0.39 is 35.0 Å². The second-order valence-corrected chi connectivity index (χ2v) is 11.4. The minimum absolute atomic E-state index is 0.0444. The van der Waals surface area contributed by atoms with Crippen molar-refractivity contribution in [2.24, 2.45) is 12.5 Å². The molecule has 0 bridgehead atoms. The summed E-state index contributed by atoms with van der Waals surface area (Å²) in [4.78, 5) is 28.3. The number of thioether (sulfide) groups is 1. The Balaban J connectivity index is 1.36. The number of hydrogen-bond acceptors (Lipinski definition) is 5. The molecule has 2 atom stereocenters. The van der Waals surface area contributed by atoms with E-state index in [1.54, 1.807) is 10.9 Å². The van der Waals surface area contributed by atoms with Gasteiger partial charge in [-0.3, -0.25) is 14.3 Å². The number of alkyl halides is 3. The summed E-state index contributed by atoms with van der Waals surface area (Å²) in [7, 11) is 1.84. The van der Waals surface area contributed by atoms with E-state index in [1.165, 1.54) is 11.8 Å². The molecule has 3 aliphatic rings. The van der Waals surface area contributed by atoms with Crippen LogP contribution in [0.2, 0.25) is 0 Å². The normalized spacial score (nSPS) is 23.7. The van der Waals surface area contributed by atoms with Gasteiger partial charge in [-0.2, -0.15) is 23.5 Å². The fourth-order valence-corrected chi connectivity index (χ4v) is 6.06. The molecule has 1 aliphatic heterocycles. The molecule has 2 saturated carbocycles. The summed E-state index contributed by atoms with van der Waals surface area (Å²) < 4.78 is 42.9. The summed E-state index contributed by atoms with van der Waals surface area (Å²) in [6.07, 6.45) is -0.252. The third kappa shape index (κ3) is 4.36. The molecule has 5 rings (SSSR count). The van der Waals surface area contributed by atoms with Crippen molar-refractivity contribution in [3.05, 3.63) is 36.2 Å². The van der Waals surface area contributed by atoms with Crippen molar-refractivity contribution in [3.8, 4) is 17.2 Å². The van der Waals surface area contributed by atoms with Gasteiger partial charge >= 0.3 is 6.18 Å². The van der Waals surface area contributed by atoms with E-state index in [4.69, 9.17) is 0 Å². The molecule has 2 aliphatic carbocycles. The molecular weight excluding hydrogens is 491 g/mol. The summed E-state index contributed by atoms with van der Waals surface area (Å²) >= 11 is 1.47. The SMILES string of the molecule is Cc1cc(-c2cnn(C)c2)ccc1S[C@@H]1C[C@@H](C(=O)NC2(C#N)CC2)N(C(=O)C2(C(F)(F)F)CC2)C1. The van der Waals surface area contributed by atoms with Crippen molar-refractivity contribution >= 4 is 23.6 Å². The van der Waals surface area contributed by atoms with Crippen LogP contribution in [0, 0.1) is 23.7 Å². The summed E-state index contributed by atoms with van der Waals surface area (Å²) in [5, 5.41) is 16.0. The molecule has 1 saturated heterocycles. The number of amides is 2. The van der Waals surface area contributed by atoms with Crippen LogP contribution in [0.15, 0.2) is 35.5 Å². The number of halogens is 3. The van der Waals surface area contributed by atoms with Gasteiger partial charge in [0, 0.05) is 35.5 Å². The first-order valence-corrected chi connectivity index (χ1v) is 12.7. The summed E-state index contributed by atoms with van der Waals surface area (Å²) in [5.41, 5.74) is -0.393. The van der Waals surface area contributed by atoms with Crippen LogP contribution in [0.1, 0.15) is 37.7 Å². The number of carbonyl (C=O) groups excluding carboxylic acids is 2. The lowest BCUT2D eigenvalue weighted by molar-refractivity contribution is -0.199. The van der Waals surface area contributed by atoms with E-state index in [1.807, 2.05) is 38.4 Å². The molecule has 0 radical (unpaired) electrons. The Kier molecular flexibility index (Phi) is 5.86. The number of aryl methyl sites for hydroxylation is 2. The smallest absolute Gasteiger partial charge is 0.336 e. The average Bonchev–Trinajstić information content (AvgIpc) is 3.71. The van der Waals surface area contributed by atoms with Crippen LogP contribution in [0.5, 0.6) is 0 Å². The Bertz CT molecular complexity index is 1260. The van der Waals surface area contributed by atoms with Crippen LogP contribution in [-0.2, 0) is 16.6 Å². The highest BCUT2D eigenvalue weighted by atomic mass is 32.2. The molecular formula is C25H26F3N5O2S. The van der Waals surface area contributed by atoms with E-state index >= 15 is 0 Å². The van der Waals surface area contributed by atoms with Gasteiger partial charge in [-0.25, -0.2) is 0 Å². The first-order valence-electron chi connectivity index (χ1n) is 11.8. The number of rotatable bonds is 6. The molecule has 190 valence electrons. The van der Waals surface area contributed by atoms with Crippen LogP contribution in [0.25, 0.3) is 11.1 Å². The van der Waals surface area contributed by atoms with Gasteiger partial charge in [-0.15, -0.1) is 11.8 Å². The summed E-state index contributed by atoms with van der Waals surface area (Å²) in [6.45, 7) is 2.00. The lowest BCUT2D eigenvalue weighted by Crippen LogP contribution is -2.53. The standard InChI is InChI=1S/C25H26F3N5O2S/c1-15-9-16(17-11-30-32(2)12-17)3-4-20(15)36-18-10-19(21(34)31-23(14-29)5-6-23)33(13-18)22(35)24(7-8-24)25(26,27)28/h3-4,9,11-12,18-19H,5-8,10,13H2,1-2H3,(H,31,34)/t18-,19+/m1/s1. The zero-order valence-electron chi connectivity index (χ0n) is 19.9. The fourth-order valence-electron chi connectivity index (χ4n) is 4.79. The third-order valence-corrected chi connectivity index (χ3v) is 8.75. The highest BCUT2D eigenvalue weighted by Gasteiger charge is 2.70. The van der Waals surface area contributed by atoms with E-state index in [2.05, 4.69) is 16.5 Å². The highest BCUT2D eigenvalue weighted by Crippen LogP contribution is 2.59. The molecule has 2 heterocycles. The molecule has 1 N–H and O–H groups in total. The Morgan fingerprint density at radius 2 is 1.94 bits per heavy atom. The van der Waals surface area contributed by atoms with Crippen molar-refractivity contribution in [2.75, 3.05) is 6.54 Å². The largest absolute Gasteiger partial charge is 0.403 e. The van der Waals surface area contributed by atoms with E-state index in [0.29, 0.717) is 12.8 Å². The number of aromatic nitrogens is 2. The van der Waals surface area contributed by atoms with Crippen LogP contribution in [0.3, 0.4) is 0 Å². The summed E-state index contributed by atoms with van der Waals surface area (Å²) in [6, 6.07) is 6.97. The number of hydrogen-bond donors (Lipinski definition) is 1. The zero-order chi connectivity index (χ0) is 25.9. The number of carbonyl (C=O) groups is 2. The van der Waals surface area contributed by atoms with Crippen LogP contribution >= 0.6 is 11.8 Å². The van der Waals surface area contributed by atoms with Gasteiger partial charge in [-0.1, -0.05) is 12.1 Å². The highest BCUT2D eigenvalue weighted by molar-refractivity contribution is 8.00. The van der Waals surface area contributed by atoms with Gasteiger partial charge in [-0.05, 0) is 56.2 Å².